The molecule has 1 aromatic rings. The summed E-state index contributed by atoms with van der Waals surface area (Å²) in [7, 11) is -4.26. The van der Waals surface area contributed by atoms with E-state index in [-0.39, 0.29) is 19.6 Å². The van der Waals surface area contributed by atoms with Gasteiger partial charge >= 0.3 is 12.4 Å². The third kappa shape index (κ3) is 6.83. The van der Waals surface area contributed by atoms with E-state index in [1.54, 1.807) is 0 Å². The summed E-state index contributed by atoms with van der Waals surface area (Å²) in [5.41, 5.74) is -1.31. The third-order valence-corrected chi connectivity index (χ3v) is 4.37. The van der Waals surface area contributed by atoms with Gasteiger partial charge in [-0.05, 0) is 24.6 Å². The van der Waals surface area contributed by atoms with Crippen LogP contribution < -0.4 is 4.72 Å². The van der Waals surface area contributed by atoms with Crippen LogP contribution in [-0.4, -0.2) is 34.4 Å². The number of hydrogen-bond donors (Lipinski definition) is 1. The molecule has 0 radical (unpaired) electrons. The first kappa shape index (κ1) is 21.0. The summed E-state index contributed by atoms with van der Waals surface area (Å²) in [5, 5.41) is -0.651. The van der Waals surface area contributed by atoms with Crippen LogP contribution in [0.1, 0.15) is 12.0 Å². The Morgan fingerprint density at radius 3 is 2.29 bits per heavy atom. The van der Waals surface area contributed by atoms with Crippen molar-refractivity contribution in [1.82, 2.24) is 4.72 Å². The van der Waals surface area contributed by atoms with E-state index < -0.39 is 44.5 Å². The van der Waals surface area contributed by atoms with Crippen LogP contribution in [0, 0.1) is 0 Å². The van der Waals surface area contributed by atoms with Crippen molar-refractivity contribution in [3.8, 4) is 0 Å². The maximum Gasteiger partial charge on any atom is 0.417 e. The van der Waals surface area contributed by atoms with Crippen molar-refractivity contribution in [2.75, 3.05) is 19.8 Å². The molecule has 1 N–H and O–H groups in total. The fraction of sp³-hybridized carbons (Fsp3) is 0.500. The monoisotopic (exact) mass is 399 g/mol. The highest BCUT2D eigenvalue weighted by Gasteiger charge is 2.34. The Balaban J connectivity index is 2.63. The fourth-order valence-corrected chi connectivity index (χ4v) is 2.87. The second-order valence-electron chi connectivity index (χ2n) is 4.56. The van der Waals surface area contributed by atoms with Gasteiger partial charge in [-0.3, -0.25) is 0 Å². The smallest absolute Gasteiger partial charge is 0.372 e. The lowest BCUT2D eigenvalue weighted by Gasteiger charge is -2.12. The molecular formula is C12H12ClF6NO3S. The standard InChI is InChI=1S/C12H12ClF6NO3S/c13-10-3-2-8(6-9(10)12(17,18)19)24(21,22)20-4-1-5-23-7-11(14,15)16/h2-3,6,20H,1,4-5,7H2. The lowest BCUT2D eigenvalue weighted by molar-refractivity contribution is -0.173. The Kier molecular flexibility index (Phi) is 6.91. The van der Waals surface area contributed by atoms with Crippen LogP contribution in [-0.2, 0) is 20.9 Å². The molecule has 0 fully saturated rings. The summed E-state index contributed by atoms with van der Waals surface area (Å²) in [6.07, 6.45) is -9.40. The summed E-state index contributed by atoms with van der Waals surface area (Å²) in [6.45, 7) is -2.13. The summed E-state index contributed by atoms with van der Waals surface area (Å²) in [4.78, 5) is -0.657. The average molecular weight is 400 g/mol. The molecule has 0 bridgehead atoms. The minimum Gasteiger partial charge on any atom is -0.372 e. The Hall–Kier alpha value is -1.04. The van der Waals surface area contributed by atoms with Gasteiger partial charge in [-0.1, -0.05) is 11.6 Å². The van der Waals surface area contributed by atoms with Crippen molar-refractivity contribution in [1.29, 1.82) is 0 Å². The van der Waals surface area contributed by atoms with E-state index in [0.717, 1.165) is 12.1 Å². The van der Waals surface area contributed by atoms with Crippen LogP contribution >= 0.6 is 11.6 Å². The predicted molar refractivity (Wildman–Crippen MR) is 73.1 cm³/mol. The molecule has 0 unspecified atom stereocenters. The zero-order chi connectivity index (χ0) is 18.6. The van der Waals surface area contributed by atoms with E-state index in [4.69, 9.17) is 11.6 Å². The van der Waals surface area contributed by atoms with Gasteiger partial charge in [0.05, 0.1) is 15.5 Å². The molecule has 0 aliphatic carbocycles. The highest BCUT2D eigenvalue weighted by Crippen LogP contribution is 2.35. The predicted octanol–water partition coefficient (Wildman–Crippen LogP) is 3.61. The highest BCUT2D eigenvalue weighted by atomic mass is 35.5. The maximum absolute atomic E-state index is 12.7. The molecular weight excluding hydrogens is 388 g/mol. The molecule has 1 aromatic carbocycles. The van der Waals surface area contributed by atoms with Crippen molar-refractivity contribution < 1.29 is 39.5 Å². The quantitative estimate of drug-likeness (QED) is 0.563. The summed E-state index contributed by atoms with van der Waals surface area (Å²) < 4.78 is 103. The van der Waals surface area contributed by atoms with Crippen LogP contribution in [0.3, 0.4) is 0 Å². The molecule has 0 saturated carbocycles. The number of hydrogen-bond acceptors (Lipinski definition) is 3. The molecule has 138 valence electrons. The molecule has 1 rings (SSSR count). The van der Waals surface area contributed by atoms with Crippen molar-refractivity contribution in [2.45, 2.75) is 23.7 Å². The third-order valence-electron chi connectivity index (χ3n) is 2.58. The minimum absolute atomic E-state index is 0.0883. The Morgan fingerprint density at radius 2 is 1.75 bits per heavy atom. The van der Waals surface area contributed by atoms with Crippen LogP contribution in [0.2, 0.25) is 5.02 Å². The van der Waals surface area contributed by atoms with E-state index in [9.17, 15) is 34.8 Å². The number of sulfonamides is 1. The number of alkyl halides is 6. The molecule has 0 saturated heterocycles. The first-order valence-electron chi connectivity index (χ1n) is 6.34. The first-order chi connectivity index (χ1) is 10.8. The molecule has 0 heterocycles. The number of halogens is 7. The van der Waals surface area contributed by atoms with Gasteiger partial charge in [0.2, 0.25) is 10.0 Å². The maximum atomic E-state index is 12.7. The van der Waals surface area contributed by atoms with Gasteiger partial charge in [-0.25, -0.2) is 13.1 Å². The number of ether oxygens (including phenoxy) is 1. The van der Waals surface area contributed by atoms with Crippen molar-refractivity contribution in [3.05, 3.63) is 28.8 Å². The first-order valence-corrected chi connectivity index (χ1v) is 8.20. The molecule has 0 spiro atoms. The second kappa shape index (κ2) is 7.89. The lowest BCUT2D eigenvalue weighted by atomic mass is 10.2. The minimum atomic E-state index is -4.83. The van der Waals surface area contributed by atoms with Crippen LogP contribution in [0.5, 0.6) is 0 Å². The van der Waals surface area contributed by atoms with Gasteiger partial charge in [-0.2, -0.15) is 26.3 Å². The van der Waals surface area contributed by atoms with Gasteiger partial charge in [0.15, 0.2) is 0 Å². The fourth-order valence-electron chi connectivity index (χ4n) is 1.54. The zero-order valence-electron chi connectivity index (χ0n) is 11.8. The summed E-state index contributed by atoms with van der Waals surface area (Å²) >= 11 is 5.39. The normalized spacial score (nSPS) is 13.3. The van der Waals surface area contributed by atoms with Gasteiger partial charge in [0.1, 0.15) is 6.61 Å². The van der Waals surface area contributed by atoms with E-state index >= 15 is 0 Å². The van der Waals surface area contributed by atoms with E-state index in [1.807, 2.05) is 4.72 Å². The molecule has 24 heavy (non-hydrogen) atoms. The number of rotatable bonds is 7. The van der Waals surface area contributed by atoms with E-state index in [1.165, 1.54) is 0 Å². The van der Waals surface area contributed by atoms with Gasteiger partial charge < -0.3 is 4.74 Å². The van der Waals surface area contributed by atoms with Crippen LogP contribution in [0.4, 0.5) is 26.3 Å². The van der Waals surface area contributed by atoms with Gasteiger partial charge in [0.25, 0.3) is 0 Å². The summed E-state index contributed by atoms with van der Waals surface area (Å²) in [6, 6.07) is 2.07. The van der Waals surface area contributed by atoms with E-state index in [0.29, 0.717) is 6.07 Å². The Bertz CT molecular complexity index is 660. The molecule has 0 aliphatic rings. The van der Waals surface area contributed by atoms with Crippen molar-refractivity contribution >= 4 is 21.6 Å². The Morgan fingerprint density at radius 1 is 1.12 bits per heavy atom. The van der Waals surface area contributed by atoms with Gasteiger partial charge in [-0.15, -0.1) is 0 Å². The molecule has 4 nitrogen and oxygen atoms in total. The molecule has 0 aliphatic heterocycles. The number of benzene rings is 1. The van der Waals surface area contributed by atoms with Crippen molar-refractivity contribution in [2.24, 2.45) is 0 Å². The van der Waals surface area contributed by atoms with E-state index in [2.05, 4.69) is 4.74 Å². The summed E-state index contributed by atoms with van der Waals surface area (Å²) in [5.74, 6) is 0. The highest BCUT2D eigenvalue weighted by molar-refractivity contribution is 7.89. The lowest BCUT2D eigenvalue weighted by Crippen LogP contribution is -2.26. The largest absolute Gasteiger partial charge is 0.417 e. The van der Waals surface area contributed by atoms with Crippen LogP contribution in [0.25, 0.3) is 0 Å². The molecule has 0 atom stereocenters. The zero-order valence-corrected chi connectivity index (χ0v) is 13.4. The Labute approximate surface area is 138 Å². The second-order valence-corrected chi connectivity index (χ2v) is 6.73. The SMILES string of the molecule is O=S(=O)(NCCCOCC(F)(F)F)c1ccc(Cl)c(C(F)(F)F)c1. The molecule has 0 amide bonds. The topological polar surface area (TPSA) is 55.4 Å². The van der Waals surface area contributed by atoms with Crippen LogP contribution in [0.15, 0.2) is 23.1 Å². The van der Waals surface area contributed by atoms with Crippen molar-refractivity contribution in [3.63, 3.8) is 0 Å². The average Bonchev–Trinajstić information content (AvgIpc) is 2.40. The number of nitrogens with one attached hydrogen (secondary N) is 1. The molecule has 0 aromatic heterocycles. The molecule has 12 heteroatoms. The van der Waals surface area contributed by atoms with Gasteiger partial charge in [0, 0.05) is 13.2 Å².